The molecule has 240 valence electrons. The Morgan fingerprint density at radius 3 is 2.41 bits per heavy atom. The van der Waals surface area contributed by atoms with Crippen molar-refractivity contribution < 1.29 is 19.5 Å². The number of likely N-dealkylation sites (tertiary alicyclic amines) is 1. The van der Waals surface area contributed by atoms with Crippen LogP contribution in [-0.4, -0.2) is 74.9 Å². The number of thioether (sulfide) groups is 1. The zero-order chi connectivity index (χ0) is 32.3. The molecule has 6 rings (SSSR count). The Morgan fingerprint density at radius 2 is 1.67 bits per heavy atom. The molecule has 3 fully saturated rings. The van der Waals surface area contributed by atoms with Gasteiger partial charge in [0.05, 0.1) is 16.6 Å². The number of anilines is 1. The molecule has 3 aliphatic heterocycles. The van der Waals surface area contributed by atoms with E-state index in [1.165, 1.54) is 0 Å². The lowest BCUT2D eigenvalue weighted by molar-refractivity contribution is -0.144. The van der Waals surface area contributed by atoms with E-state index in [4.69, 9.17) is 0 Å². The number of amides is 3. The SMILES string of the molecule is C=CCN(Cc1ccccc1)C(=O)[C@@H]1[C@@H]2CCC3(S2)C(C(=O)N(CC=C)c2ccc4ccccc4c2)N(CCCCCO)C(=O)[C@H]13. The summed E-state index contributed by atoms with van der Waals surface area (Å²) >= 11 is 1.70. The number of benzene rings is 3. The van der Waals surface area contributed by atoms with E-state index in [2.05, 4.69) is 13.2 Å². The van der Waals surface area contributed by atoms with Crippen LogP contribution in [0.25, 0.3) is 10.8 Å². The number of rotatable bonds is 14. The van der Waals surface area contributed by atoms with E-state index in [-0.39, 0.29) is 29.6 Å². The van der Waals surface area contributed by atoms with Gasteiger partial charge in [-0.15, -0.1) is 24.9 Å². The van der Waals surface area contributed by atoms with Gasteiger partial charge in [0.1, 0.15) is 6.04 Å². The molecule has 5 atom stereocenters. The highest BCUT2D eigenvalue weighted by Gasteiger charge is 2.74. The summed E-state index contributed by atoms with van der Waals surface area (Å²) in [7, 11) is 0. The Labute approximate surface area is 275 Å². The molecule has 8 heteroatoms. The maximum Gasteiger partial charge on any atom is 0.251 e. The minimum absolute atomic E-state index is 0.0232. The summed E-state index contributed by atoms with van der Waals surface area (Å²) in [6.45, 7) is 9.51. The van der Waals surface area contributed by atoms with Crippen LogP contribution < -0.4 is 4.90 Å². The Kier molecular flexibility index (Phi) is 9.66. The third kappa shape index (κ3) is 5.77. The van der Waals surface area contributed by atoms with Crippen LogP contribution in [0.2, 0.25) is 0 Å². The number of carbonyl (C=O) groups excluding carboxylic acids is 3. The molecule has 1 spiro atoms. The second-order valence-corrected chi connectivity index (χ2v) is 14.2. The third-order valence-corrected chi connectivity index (χ3v) is 11.8. The first-order valence-corrected chi connectivity index (χ1v) is 17.3. The lowest BCUT2D eigenvalue weighted by Crippen LogP contribution is -2.55. The summed E-state index contributed by atoms with van der Waals surface area (Å²) < 4.78 is -0.682. The van der Waals surface area contributed by atoms with Gasteiger partial charge in [0.2, 0.25) is 11.8 Å². The van der Waals surface area contributed by atoms with Crippen LogP contribution in [0.3, 0.4) is 0 Å². The largest absolute Gasteiger partial charge is 0.396 e. The van der Waals surface area contributed by atoms with Crippen LogP contribution >= 0.6 is 11.8 Å². The minimum Gasteiger partial charge on any atom is -0.396 e. The summed E-state index contributed by atoms with van der Waals surface area (Å²) in [5.41, 5.74) is 1.79. The zero-order valence-corrected chi connectivity index (χ0v) is 27.1. The Balaban J connectivity index is 1.36. The molecule has 3 aromatic carbocycles. The first-order valence-electron chi connectivity index (χ1n) is 16.4. The number of unbranched alkanes of at least 4 members (excludes halogenated alkanes) is 2. The third-order valence-electron chi connectivity index (χ3n) is 9.88. The number of aliphatic hydroxyl groups excluding tert-OH is 1. The molecule has 3 aromatic rings. The molecule has 2 unspecified atom stereocenters. The van der Waals surface area contributed by atoms with Crippen molar-refractivity contribution in [2.45, 2.75) is 54.7 Å². The van der Waals surface area contributed by atoms with Crippen molar-refractivity contribution in [3.63, 3.8) is 0 Å². The van der Waals surface area contributed by atoms with Crippen LogP contribution in [0, 0.1) is 11.8 Å². The van der Waals surface area contributed by atoms with Gasteiger partial charge in [0, 0.05) is 43.7 Å². The lowest BCUT2D eigenvalue weighted by atomic mass is 9.70. The van der Waals surface area contributed by atoms with Gasteiger partial charge in [-0.2, -0.15) is 0 Å². The predicted octanol–water partition coefficient (Wildman–Crippen LogP) is 5.83. The fraction of sp³-hybridized carbons (Fsp3) is 0.395. The second-order valence-electron chi connectivity index (χ2n) is 12.6. The van der Waals surface area contributed by atoms with Gasteiger partial charge in [0.15, 0.2) is 0 Å². The highest BCUT2D eigenvalue weighted by atomic mass is 32.2. The van der Waals surface area contributed by atoms with E-state index in [0.29, 0.717) is 45.4 Å². The van der Waals surface area contributed by atoms with Crippen molar-refractivity contribution in [2.75, 3.05) is 31.1 Å². The molecule has 0 radical (unpaired) electrons. The molecule has 3 aliphatic rings. The van der Waals surface area contributed by atoms with Gasteiger partial charge in [-0.25, -0.2) is 0 Å². The van der Waals surface area contributed by atoms with E-state index < -0.39 is 22.6 Å². The summed E-state index contributed by atoms with van der Waals surface area (Å²) in [6, 6.07) is 23.3. The Hall–Kier alpha value is -3.88. The second kappa shape index (κ2) is 13.9. The number of nitrogens with zero attached hydrogens (tertiary/aromatic N) is 3. The average Bonchev–Trinajstić information content (AvgIpc) is 3.72. The van der Waals surface area contributed by atoms with Gasteiger partial charge < -0.3 is 19.8 Å². The van der Waals surface area contributed by atoms with E-state index in [9.17, 15) is 19.5 Å². The fourth-order valence-electron chi connectivity index (χ4n) is 7.87. The standard InChI is InChI=1S/C38H43N3O4S/c1-3-21-39(26-27-13-7-5-8-14-27)35(43)32-31-19-20-38(46-31)33(32)36(44)41(23-11-6-12-24-42)34(38)37(45)40(22-4-2)30-18-17-28-15-9-10-16-29(28)25-30/h3-5,7-10,13-18,25,31-34,42H,1-2,6,11-12,19-24,26H2/t31-,32+,33-,34?,38?/m0/s1. The summed E-state index contributed by atoms with van der Waals surface area (Å²) in [4.78, 5) is 49.3. The van der Waals surface area contributed by atoms with Crippen molar-refractivity contribution in [1.29, 1.82) is 0 Å². The van der Waals surface area contributed by atoms with Crippen LogP contribution in [0.4, 0.5) is 5.69 Å². The number of aliphatic hydroxyl groups is 1. The maximum absolute atomic E-state index is 14.9. The summed E-state index contributed by atoms with van der Waals surface area (Å²) in [5.74, 6) is -1.32. The monoisotopic (exact) mass is 637 g/mol. The first-order chi connectivity index (χ1) is 22.4. The molecular formula is C38H43N3O4S. The lowest BCUT2D eigenvalue weighted by Gasteiger charge is -2.37. The number of carbonyl (C=O) groups is 3. The van der Waals surface area contributed by atoms with E-state index >= 15 is 0 Å². The number of hydrogen-bond donors (Lipinski definition) is 1. The topological polar surface area (TPSA) is 81.2 Å². The van der Waals surface area contributed by atoms with Crippen LogP contribution in [0.15, 0.2) is 98.1 Å². The Bertz CT molecular complexity index is 1610. The quantitative estimate of drug-likeness (QED) is 0.178. The van der Waals surface area contributed by atoms with Gasteiger partial charge in [-0.1, -0.05) is 72.8 Å². The fourth-order valence-corrected chi connectivity index (χ4v) is 10.1. The van der Waals surface area contributed by atoms with Crippen LogP contribution in [0.1, 0.15) is 37.7 Å². The molecule has 7 nitrogen and oxygen atoms in total. The molecule has 0 saturated carbocycles. The van der Waals surface area contributed by atoms with Gasteiger partial charge in [-0.05, 0) is 60.6 Å². The molecule has 0 aromatic heterocycles. The van der Waals surface area contributed by atoms with E-state index in [1.54, 1.807) is 33.7 Å². The molecule has 3 amide bonds. The molecule has 2 bridgehead atoms. The molecule has 1 N–H and O–H groups in total. The van der Waals surface area contributed by atoms with Crippen LogP contribution in [0.5, 0.6) is 0 Å². The summed E-state index contributed by atoms with van der Waals surface area (Å²) in [6.07, 6.45) is 7.05. The Morgan fingerprint density at radius 1 is 0.935 bits per heavy atom. The van der Waals surface area contributed by atoms with Crippen molar-refractivity contribution >= 4 is 45.9 Å². The van der Waals surface area contributed by atoms with Crippen molar-refractivity contribution in [3.8, 4) is 0 Å². The molecule has 3 heterocycles. The van der Waals surface area contributed by atoms with E-state index in [0.717, 1.165) is 34.9 Å². The molecular weight excluding hydrogens is 595 g/mol. The minimum atomic E-state index is -0.694. The number of fused-ring (bicyclic) bond motifs is 2. The average molecular weight is 638 g/mol. The molecule has 3 saturated heterocycles. The van der Waals surface area contributed by atoms with E-state index in [1.807, 2.05) is 77.7 Å². The van der Waals surface area contributed by atoms with Gasteiger partial charge in [0.25, 0.3) is 5.91 Å². The zero-order valence-electron chi connectivity index (χ0n) is 26.3. The predicted molar refractivity (Wildman–Crippen MR) is 185 cm³/mol. The molecule has 46 heavy (non-hydrogen) atoms. The van der Waals surface area contributed by atoms with Crippen LogP contribution in [-0.2, 0) is 20.9 Å². The normalized spacial score (nSPS) is 24.6. The van der Waals surface area contributed by atoms with Crippen molar-refractivity contribution in [3.05, 3.63) is 104 Å². The highest BCUT2D eigenvalue weighted by Crippen LogP contribution is 2.66. The van der Waals surface area contributed by atoms with Crippen molar-refractivity contribution in [2.24, 2.45) is 11.8 Å². The van der Waals surface area contributed by atoms with Gasteiger partial charge >= 0.3 is 0 Å². The smallest absolute Gasteiger partial charge is 0.251 e. The van der Waals surface area contributed by atoms with Crippen molar-refractivity contribution in [1.82, 2.24) is 9.80 Å². The van der Waals surface area contributed by atoms with Gasteiger partial charge in [-0.3, -0.25) is 14.4 Å². The molecule has 0 aliphatic carbocycles. The first kappa shape index (κ1) is 32.1. The maximum atomic E-state index is 14.9. The summed E-state index contributed by atoms with van der Waals surface area (Å²) in [5, 5.41) is 11.5. The highest BCUT2D eigenvalue weighted by molar-refractivity contribution is 8.02. The number of hydrogen-bond acceptors (Lipinski definition) is 5.